The summed E-state index contributed by atoms with van der Waals surface area (Å²) in [6.07, 6.45) is 2.70. The average molecular weight is 564 g/mol. The summed E-state index contributed by atoms with van der Waals surface area (Å²) in [7, 11) is 7.43. The zero-order valence-corrected chi connectivity index (χ0v) is 23.5. The predicted molar refractivity (Wildman–Crippen MR) is 156 cm³/mol. The molecule has 2 N–H and O–H groups in total. The molecule has 0 bridgehead atoms. The van der Waals surface area contributed by atoms with Crippen LogP contribution in [0.5, 0.6) is 11.5 Å². The van der Waals surface area contributed by atoms with Crippen LogP contribution in [0.25, 0.3) is 11.0 Å². The number of halogens is 2. The highest BCUT2D eigenvalue weighted by molar-refractivity contribution is 6.02. The maximum absolute atomic E-state index is 14.1. The van der Waals surface area contributed by atoms with E-state index in [1.54, 1.807) is 6.07 Å². The number of amides is 1. The van der Waals surface area contributed by atoms with Crippen molar-refractivity contribution in [2.45, 2.75) is 6.92 Å². The maximum Gasteiger partial charge on any atom is 0.294 e. The molecule has 10 nitrogen and oxygen atoms in total. The van der Waals surface area contributed by atoms with Crippen LogP contribution in [0.4, 0.5) is 31.8 Å². The maximum atomic E-state index is 14.1. The number of pyridine rings is 1. The van der Waals surface area contributed by atoms with Gasteiger partial charge in [0.1, 0.15) is 11.5 Å². The first-order valence-corrected chi connectivity index (χ1v) is 12.7. The fourth-order valence-electron chi connectivity index (χ4n) is 4.04. The number of benzene rings is 2. The molecule has 1 amide bonds. The van der Waals surface area contributed by atoms with E-state index in [0.29, 0.717) is 28.5 Å². The van der Waals surface area contributed by atoms with Gasteiger partial charge >= 0.3 is 0 Å². The van der Waals surface area contributed by atoms with Crippen LogP contribution in [-0.4, -0.2) is 59.6 Å². The number of carbonyl (C=O) groups excluding carboxylic acids is 1. The Morgan fingerprint density at radius 3 is 2.54 bits per heavy atom. The molecule has 2 aromatic carbocycles. The van der Waals surface area contributed by atoms with Gasteiger partial charge in [0.25, 0.3) is 5.56 Å². The van der Waals surface area contributed by atoms with E-state index in [-0.39, 0.29) is 23.4 Å². The molecule has 0 spiro atoms. The van der Waals surface area contributed by atoms with Gasteiger partial charge in [0.15, 0.2) is 17.3 Å². The Hall–Kier alpha value is -4.84. The van der Waals surface area contributed by atoms with Crippen LogP contribution in [-0.2, 0) is 11.8 Å². The van der Waals surface area contributed by atoms with E-state index in [1.165, 1.54) is 30.0 Å². The molecular formula is C29H31F2N7O3. The van der Waals surface area contributed by atoms with Crippen molar-refractivity contribution < 1.29 is 18.3 Å². The highest BCUT2D eigenvalue weighted by atomic mass is 19.1. The fourth-order valence-corrected chi connectivity index (χ4v) is 4.04. The van der Waals surface area contributed by atoms with Crippen LogP contribution in [0, 0.1) is 18.6 Å². The van der Waals surface area contributed by atoms with Crippen molar-refractivity contribution in [3.63, 3.8) is 0 Å². The van der Waals surface area contributed by atoms with Crippen LogP contribution in [0.15, 0.2) is 60.0 Å². The topological polar surface area (TPSA) is 105 Å². The molecule has 41 heavy (non-hydrogen) atoms. The summed E-state index contributed by atoms with van der Waals surface area (Å²) in [6, 6.07) is 7.96. The highest BCUT2D eigenvalue weighted by Gasteiger charge is 2.16. The lowest BCUT2D eigenvalue weighted by atomic mass is 10.1. The first-order chi connectivity index (χ1) is 19.5. The Balaban J connectivity index is 1.67. The average Bonchev–Trinajstić information content (AvgIpc) is 2.93. The number of rotatable bonds is 10. The first kappa shape index (κ1) is 29.2. The molecule has 4 rings (SSSR count). The zero-order valence-electron chi connectivity index (χ0n) is 23.5. The molecule has 12 heteroatoms. The largest absolute Gasteiger partial charge is 0.448 e. The number of ether oxygens (including phenoxy) is 1. The Kier molecular flexibility index (Phi) is 8.62. The molecular weight excluding hydrogens is 532 g/mol. The number of anilines is 4. The molecule has 4 aromatic rings. The van der Waals surface area contributed by atoms with Crippen molar-refractivity contribution >= 4 is 40.0 Å². The molecule has 0 aliphatic heterocycles. The Bertz CT molecular complexity index is 1690. The van der Waals surface area contributed by atoms with Crippen molar-refractivity contribution in [3.05, 3.63) is 82.8 Å². The number of nitrogens with one attached hydrogen (secondary N) is 2. The molecule has 0 saturated carbocycles. The lowest BCUT2D eigenvalue weighted by Crippen LogP contribution is -2.29. The third-order valence-corrected chi connectivity index (χ3v) is 6.36. The van der Waals surface area contributed by atoms with Gasteiger partial charge in [-0.15, -0.1) is 0 Å². The van der Waals surface area contributed by atoms with Gasteiger partial charge in [-0.2, -0.15) is 4.98 Å². The standard InChI is InChI=1S/C29H31F2N7O3/c1-7-26(39)33-22-15-21(17(2)12-23(22)37(5)11-10-36(3)4)34-29-32-16-18-13-25(28(40)38(6)27(18)35-29)41-24-9-8-19(30)14-20(24)31/h7-9,12-16H,1,10-11H2,2-6H3,(H,33,39)(H,32,34,35). The van der Waals surface area contributed by atoms with E-state index >= 15 is 0 Å². The Morgan fingerprint density at radius 1 is 1.10 bits per heavy atom. The Morgan fingerprint density at radius 2 is 1.85 bits per heavy atom. The van der Waals surface area contributed by atoms with E-state index in [4.69, 9.17) is 4.74 Å². The first-order valence-electron chi connectivity index (χ1n) is 12.7. The van der Waals surface area contributed by atoms with E-state index in [1.807, 2.05) is 34.1 Å². The van der Waals surface area contributed by atoms with Gasteiger partial charge in [-0.1, -0.05) is 6.58 Å². The van der Waals surface area contributed by atoms with Crippen molar-refractivity contribution in [3.8, 4) is 11.5 Å². The van der Waals surface area contributed by atoms with Crippen LogP contribution in [0.2, 0.25) is 0 Å². The van der Waals surface area contributed by atoms with Gasteiger partial charge in [-0.05, 0) is 63.0 Å². The molecule has 0 atom stereocenters. The molecule has 0 radical (unpaired) electrons. The second-order valence-corrected chi connectivity index (χ2v) is 9.75. The summed E-state index contributed by atoms with van der Waals surface area (Å²) in [4.78, 5) is 38.1. The van der Waals surface area contributed by atoms with Crippen molar-refractivity contribution in [2.24, 2.45) is 7.05 Å². The zero-order chi connectivity index (χ0) is 29.8. The van der Waals surface area contributed by atoms with E-state index in [2.05, 4.69) is 37.0 Å². The van der Waals surface area contributed by atoms with Gasteiger partial charge in [0, 0.05) is 50.5 Å². The predicted octanol–water partition coefficient (Wildman–Crippen LogP) is 4.57. The molecule has 2 aromatic heterocycles. The number of likely N-dealkylation sites (N-methyl/N-ethyl adjacent to an activating group) is 2. The van der Waals surface area contributed by atoms with Gasteiger partial charge < -0.3 is 25.2 Å². The van der Waals surface area contributed by atoms with E-state index in [0.717, 1.165) is 36.5 Å². The SMILES string of the molecule is C=CC(=O)Nc1cc(Nc2ncc3cc(Oc4ccc(F)cc4F)c(=O)n(C)c3n2)c(C)cc1N(C)CCN(C)C. The number of aryl methyl sites for hydroxylation is 2. The lowest BCUT2D eigenvalue weighted by Gasteiger charge is -2.25. The fraction of sp³-hybridized carbons (Fsp3) is 0.241. The summed E-state index contributed by atoms with van der Waals surface area (Å²) in [6.45, 7) is 7.01. The molecule has 0 saturated heterocycles. The number of carbonyl (C=O) groups is 1. The number of fused-ring (bicyclic) bond motifs is 1. The molecule has 2 heterocycles. The quantitative estimate of drug-likeness (QED) is 0.271. The third-order valence-electron chi connectivity index (χ3n) is 6.36. The number of hydrogen-bond donors (Lipinski definition) is 2. The smallest absolute Gasteiger partial charge is 0.294 e. The molecule has 0 fully saturated rings. The summed E-state index contributed by atoms with van der Waals surface area (Å²) in [5.41, 5.74) is 2.66. The molecule has 0 aliphatic rings. The van der Waals surface area contributed by atoms with Gasteiger partial charge in [0.2, 0.25) is 11.9 Å². The summed E-state index contributed by atoms with van der Waals surface area (Å²) < 4.78 is 34.0. The minimum Gasteiger partial charge on any atom is -0.448 e. The summed E-state index contributed by atoms with van der Waals surface area (Å²) in [5, 5.41) is 6.49. The van der Waals surface area contributed by atoms with Gasteiger partial charge in [0.05, 0.1) is 11.4 Å². The van der Waals surface area contributed by atoms with Crippen molar-refractivity contribution in [1.29, 1.82) is 0 Å². The van der Waals surface area contributed by atoms with Gasteiger partial charge in [-0.25, -0.2) is 13.8 Å². The molecule has 0 aliphatic carbocycles. The highest BCUT2D eigenvalue weighted by Crippen LogP contribution is 2.33. The minimum atomic E-state index is -0.933. The van der Waals surface area contributed by atoms with E-state index < -0.39 is 17.2 Å². The second-order valence-electron chi connectivity index (χ2n) is 9.75. The van der Waals surface area contributed by atoms with Crippen LogP contribution in [0.1, 0.15) is 5.56 Å². The van der Waals surface area contributed by atoms with Crippen LogP contribution >= 0.6 is 0 Å². The van der Waals surface area contributed by atoms with Crippen molar-refractivity contribution in [1.82, 2.24) is 19.4 Å². The van der Waals surface area contributed by atoms with E-state index in [9.17, 15) is 18.4 Å². The normalized spacial score (nSPS) is 11.0. The summed E-state index contributed by atoms with van der Waals surface area (Å²) in [5.74, 6) is -2.28. The third kappa shape index (κ3) is 6.67. The minimum absolute atomic E-state index is 0.165. The van der Waals surface area contributed by atoms with Gasteiger partial charge in [-0.3, -0.25) is 14.2 Å². The summed E-state index contributed by atoms with van der Waals surface area (Å²) >= 11 is 0. The second kappa shape index (κ2) is 12.1. The van der Waals surface area contributed by atoms with Crippen LogP contribution < -0.4 is 25.8 Å². The monoisotopic (exact) mass is 563 g/mol. The number of aromatic nitrogens is 3. The number of nitrogens with zero attached hydrogens (tertiary/aromatic N) is 5. The van der Waals surface area contributed by atoms with Crippen molar-refractivity contribution in [2.75, 3.05) is 49.8 Å². The molecule has 0 unspecified atom stereocenters. The van der Waals surface area contributed by atoms with Crippen LogP contribution in [0.3, 0.4) is 0 Å². The lowest BCUT2D eigenvalue weighted by molar-refractivity contribution is -0.111. The molecule has 214 valence electrons. The number of hydrogen-bond acceptors (Lipinski definition) is 8. The Labute approximate surface area is 235 Å².